The summed E-state index contributed by atoms with van der Waals surface area (Å²) < 4.78 is 36.0. The van der Waals surface area contributed by atoms with Gasteiger partial charge in [-0.25, -0.2) is 9.67 Å². The van der Waals surface area contributed by atoms with Crippen LogP contribution in [0.3, 0.4) is 0 Å². The van der Waals surface area contributed by atoms with Gasteiger partial charge in [0, 0.05) is 25.4 Å². The van der Waals surface area contributed by atoms with Crippen LogP contribution in [-0.2, 0) is 22.7 Å². The van der Waals surface area contributed by atoms with Crippen molar-refractivity contribution in [3.05, 3.63) is 102 Å². The number of hydrogen-bond acceptors (Lipinski definition) is 9. The smallest absolute Gasteiger partial charge is 0.263 e. The Morgan fingerprint density at radius 3 is 2.61 bits per heavy atom. The van der Waals surface area contributed by atoms with Crippen LogP contribution in [0, 0.1) is 6.92 Å². The minimum absolute atomic E-state index is 0.0787. The van der Waals surface area contributed by atoms with E-state index in [1.54, 1.807) is 47.2 Å². The molecule has 1 aliphatic heterocycles. The van der Waals surface area contributed by atoms with Crippen molar-refractivity contribution in [2.24, 2.45) is 0 Å². The van der Waals surface area contributed by atoms with Crippen molar-refractivity contribution < 1.29 is 32.6 Å². The van der Waals surface area contributed by atoms with Crippen molar-refractivity contribution in [1.29, 1.82) is 0 Å². The lowest BCUT2D eigenvalue weighted by molar-refractivity contribution is -0.129. The maximum absolute atomic E-state index is 12.7. The predicted octanol–water partition coefficient (Wildman–Crippen LogP) is 5.47. The van der Waals surface area contributed by atoms with Gasteiger partial charge >= 0.3 is 0 Å². The topological polar surface area (TPSA) is 114 Å². The van der Waals surface area contributed by atoms with Crippen LogP contribution in [0.4, 0.5) is 0 Å². The van der Waals surface area contributed by atoms with Crippen molar-refractivity contribution >= 4 is 12.0 Å². The van der Waals surface area contributed by atoms with E-state index in [2.05, 4.69) is 10.1 Å². The van der Waals surface area contributed by atoms with Gasteiger partial charge in [-0.05, 0) is 55.0 Å². The number of rotatable bonds is 11. The molecule has 0 radical (unpaired) electrons. The van der Waals surface area contributed by atoms with E-state index >= 15 is 0 Å². The van der Waals surface area contributed by atoms with Gasteiger partial charge in [0.05, 0.1) is 37.8 Å². The number of carbonyl (C=O) groups is 1. The summed E-state index contributed by atoms with van der Waals surface area (Å²) in [6, 6.07) is 18.9. The molecular formula is C33H32N4O7. The molecule has 1 fully saturated rings. The number of nitrogens with zero attached hydrogens (tertiary/aromatic N) is 4. The van der Waals surface area contributed by atoms with E-state index < -0.39 is 0 Å². The van der Waals surface area contributed by atoms with Crippen LogP contribution in [0.15, 0.2) is 88.0 Å². The molecule has 3 aromatic heterocycles. The van der Waals surface area contributed by atoms with Crippen molar-refractivity contribution in [1.82, 2.24) is 19.7 Å². The highest BCUT2D eigenvalue weighted by Gasteiger charge is 2.17. The first-order valence-electron chi connectivity index (χ1n) is 14.2. The molecule has 0 saturated carbocycles. The third kappa shape index (κ3) is 6.68. The fourth-order valence-corrected chi connectivity index (χ4v) is 4.65. The Hall–Kier alpha value is -5.29. The highest BCUT2D eigenvalue weighted by Crippen LogP contribution is 2.31. The quantitative estimate of drug-likeness (QED) is 0.183. The van der Waals surface area contributed by atoms with Crippen LogP contribution in [-0.4, -0.2) is 59.0 Å². The molecular weight excluding hydrogens is 564 g/mol. The number of para-hydroxylation sites is 1. The van der Waals surface area contributed by atoms with E-state index in [1.807, 2.05) is 61.7 Å². The monoisotopic (exact) mass is 596 g/mol. The highest BCUT2D eigenvalue weighted by molar-refractivity contribution is 5.92. The average Bonchev–Trinajstić information content (AvgIpc) is 3.83. The van der Waals surface area contributed by atoms with Crippen molar-refractivity contribution in [3.63, 3.8) is 0 Å². The van der Waals surface area contributed by atoms with E-state index in [-0.39, 0.29) is 19.1 Å². The Morgan fingerprint density at radius 2 is 1.84 bits per heavy atom. The first-order valence-corrected chi connectivity index (χ1v) is 14.2. The van der Waals surface area contributed by atoms with Crippen LogP contribution in [0.5, 0.6) is 17.4 Å². The number of morpholine rings is 1. The van der Waals surface area contributed by atoms with Crippen LogP contribution >= 0.6 is 0 Å². The van der Waals surface area contributed by atoms with Gasteiger partial charge < -0.3 is 32.7 Å². The second-order valence-electron chi connectivity index (χ2n) is 10.0. The van der Waals surface area contributed by atoms with Gasteiger partial charge in [0.15, 0.2) is 17.3 Å². The van der Waals surface area contributed by atoms with Crippen LogP contribution < -0.4 is 14.2 Å². The SMILES string of the molecule is COc1cc(COc2nn(-c3ccccc3)cc2/C=C/C(=O)N2CCOCC2)ccc1OCc1nc(-c2ccco2)oc1C. The van der Waals surface area contributed by atoms with Gasteiger partial charge in [0.2, 0.25) is 11.8 Å². The molecule has 0 bridgehead atoms. The number of furan rings is 1. The summed E-state index contributed by atoms with van der Waals surface area (Å²) in [6.45, 7) is 4.47. The lowest BCUT2D eigenvalue weighted by Gasteiger charge is -2.25. The van der Waals surface area contributed by atoms with E-state index in [9.17, 15) is 4.79 Å². The molecule has 0 spiro atoms. The zero-order valence-corrected chi connectivity index (χ0v) is 24.5. The molecule has 0 N–H and O–H groups in total. The molecule has 11 nitrogen and oxygen atoms in total. The van der Waals surface area contributed by atoms with Crippen molar-refractivity contribution in [3.8, 4) is 34.7 Å². The van der Waals surface area contributed by atoms with Gasteiger partial charge in [-0.2, -0.15) is 0 Å². The number of carbonyl (C=O) groups excluding carboxylic acids is 1. The Balaban J connectivity index is 1.15. The molecule has 0 atom stereocenters. The first kappa shape index (κ1) is 28.8. The summed E-state index contributed by atoms with van der Waals surface area (Å²) in [4.78, 5) is 19.0. The zero-order chi connectivity index (χ0) is 30.3. The lowest BCUT2D eigenvalue weighted by Crippen LogP contribution is -2.39. The Morgan fingerprint density at radius 1 is 1.00 bits per heavy atom. The maximum Gasteiger partial charge on any atom is 0.263 e. The Bertz CT molecular complexity index is 1720. The molecule has 2 aromatic carbocycles. The second kappa shape index (κ2) is 13.3. The standard InChI is InChI=1S/C33H32N4O7/c1-23-27(34-33(44-23)29-9-6-16-41-29)22-42-28-12-10-24(19-30(28)39-2)21-43-32-25(11-13-31(38)36-14-17-40-18-15-36)20-37(35-32)26-7-4-3-5-8-26/h3-13,16,19-20H,14-15,17-18,21-22H2,1-2H3/b13-11+. The van der Waals surface area contributed by atoms with Crippen LogP contribution in [0.1, 0.15) is 22.6 Å². The Labute approximate surface area is 254 Å². The first-order chi connectivity index (χ1) is 21.6. The van der Waals surface area contributed by atoms with Crippen LogP contribution in [0.2, 0.25) is 0 Å². The summed E-state index contributed by atoms with van der Waals surface area (Å²) in [5, 5.41) is 4.66. The summed E-state index contributed by atoms with van der Waals surface area (Å²) in [6.07, 6.45) is 6.70. The molecule has 0 aliphatic carbocycles. The third-order valence-electron chi connectivity index (χ3n) is 7.05. The van der Waals surface area contributed by atoms with Gasteiger partial charge in [-0.1, -0.05) is 24.3 Å². The largest absolute Gasteiger partial charge is 0.493 e. The van der Waals surface area contributed by atoms with E-state index in [0.29, 0.717) is 72.4 Å². The lowest BCUT2D eigenvalue weighted by atomic mass is 10.2. The van der Waals surface area contributed by atoms with Gasteiger partial charge in [0.1, 0.15) is 24.7 Å². The summed E-state index contributed by atoms with van der Waals surface area (Å²) in [5.41, 5.74) is 3.06. The number of benzene rings is 2. The summed E-state index contributed by atoms with van der Waals surface area (Å²) in [7, 11) is 1.58. The predicted molar refractivity (Wildman–Crippen MR) is 161 cm³/mol. The summed E-state index contributed by atoms with van der Waals surface area (Å²) >= 11 is 0. The number of methoxy groups -OCH3 is 1. The average molecular weight is 597 g/mol. The molecule has 11 heteroatoms. The maximum atomic E-state index is 12.7. The van der Waals surface area contributed by atoms with Crippen molar-refractivity contribution in [2.75, 3.05) is 33.4 Å². The second-order valence-corrected chi connectivity index (χ2v) is 10.0. The third-order valence-corrected chi connectivity index (χ3v) is 7.05. The molecule has 1 aliphatic rings. The molecule has 1 amide bonds. The molecule has 5 aromatic rings. The van der Waals surface area contributed by atoms with Gasteiger partial charge in [-0.15, -0.1) is 5.10 Å². The van der Waals surface area contributed by atoms with Gasteiger partial charge in [0.25, 0.3) is 5.89 Å². The number of ether oxygens (including phenoxy) is 4. The number of aromatic nitrogens is 3. The molecule has 226 valence electrons. The highest BCUT2D eigenvalue weighted by atomic mass is 16.5. The minimum Gasteiger partial charge on any atom is -0.493 e. The molecule has 1 saturated heterocycles. The molecule has 0 unspecified atom stereocenters. The van der Waals surface area contributed by atoms with Crippen LogP contribution in [0.25, 0.3) is 23.4 Å². The fourth-order valence-electron chi connectivity index (χ4n) is 4.65. The van der Waals surface area contributed by atoms with Gasteiger partial charge in [-0.3, -0.25) is 4.79 Å². The summed E-state index contributed by atoms with van der Waals surface area (Å²) in [5.74, 6) is 3.02. The number of amides is 1. The van der Waals surface area contributed by atoms with Crippen molar-refractivity contribution in [2.45, 2.75) is 20.1 Å². The molecule has 6 rings (SSSR count). The van der Waals surface area contributed by atoms with E-state index in [1.165, 1.54) is 0 Å². The zero-order valence-electron chi connectivity index (χ0n) is 24.5. The number of aryl methyl sites for hydroxylation is 1. The van der Waals surface area contributed by atoms with E-state index in [4.69, 9.17) is 27.8 Å². The number of oxazole rings is 1. The molecule has 4 heterocycles. The fraction of sp³-hybridized carbons (Fsp3) is 0.242. The molecule has 44 heavy (non-hydrogen) atoms. The minimum atomic E-state index is -0.0787. The normalized spacial score (nSPS) is 13.4. The van der Waals surface area contributed by atoms with E-state index in [0.717, 1.165) is 11.3 Å². The number of hydrogen-bond donors (Lipinski definition) is 0. The Kier molecular flexibility index (Phi) is 8.74.